The number of methoxy groups -OCH3 is 3. The highest BCUT2D eigenvalue weighted by Crippen LogP contribution is 2.38. The van der Waals surface area contributed by atoms with Crippen LogP contribution in [-0.2, 0) is 10.0 Å². The van der Waals surface area contributed by atoms with Gasteiger partial charge in [0.15, 0.2) is 11.5 Å². The van der Waals surface area contributed by atoms with E-state index in [0.717, 1.165) is 18.2 Å². The van der Waals surface area contributed by atoms with Gasteiger partial charge in [-0.15, -0.1) is 13.2 Å². The van der Waals surface area contributed by atoms with Gasteiger partial charge in [0.2, 0.25) is 5.75 Å². The number of rotatable bonds is 9. The van der Waals surface area contributed by atoms with Crippen molar-refractivity contribution >= 4 is 27.9 Å². The molecule has 0 spiro atoms. The fourth-order valence-corrected chi connectivity index (χ4v) is 4.28. The largest absolute Gasteiger partial charge is 0.573 e. The minimum atomic E-state index is -4.94. The van der Waals surface area contributed by atoms with Crippen LogP contribution in [0.1, 0.15) is 11.1 Å². The average molecular weight is 510 g/mol. The molecule has 11 heteroatoms. The molecule has 35 heavy (non-hydrogen) atoms. The second-order valence-electron chi connectivity index (χ2n) is 7.01. The Balaban J connectivity index is 1.91. The van der Waals surface area contributed by atoms with E-state index in [0.29, 0.717) is 28.4 Å². The van der Waals surface area contributed by atoms with Gasteiger partial charge in [0.25, 0.3) is 10.0 Å². The van der Waals surface area contributed by atoms with E-state index in [1.165, 1.54) is 33.5 Å². The van der Waals surface area contributed by atoms with E-state index in [-0.39, 0.29) is 10.6 Å². The van der Waals surface area contributed by atoms with Crippen molar-refractivity contribution in [2.75, 3.05) is 26.1 Å². The molecule has 0 aliphatic carbocycles. The monoisotopic (exact) mass is 509 g/mol. The van der Waals surface area contributed by atoms with Crippen molar-refractivity contribution in [3.05, 3.63) is 71.8 Å². The van der Waals surface area contributed by atoms with Gasteiger partial charge in [-0.2, -0.15) is 0 Å². The van der Waals surface area contributed by atoms with Crippen LogP contribution in [0.3, 0.4) is 0 Å². The molecule has 0 aliphatic rings. The lowest BCUT2D eigenvalue weighted by Gasteiger charge is -2.13. The van der Waals surface area contributed by atoms with Crippen molar-refractivity contribution in [1.82, 2.24) is 0 Å². The van der Waals surface area contributed by atoms with Gasteiger partial charge in [-0.3, -0.25) is 4.72 Å². The van der Waals surface area contributed by atoms with E-state index >= 15 is 0 Å². The van der Waals surface area contributed by atoms with Crippen molar-refractivity contribution in [1.29, 1.82) is 0 Å². The third-order valence-corrected chi connectivity index (χ3v) is 6.06. The Kier molecular flexibility index (Phi) is 7.80. The molecular weight excluding hydrogens is 487 g/mol. The number of nitrogens with one attached hydrogen (secondary N) is 1. The van der Waals surface area contributed by atoms with E-state index in [1.54, 1.807) is 42.5 Å². The molecule has 7 nitrogen and oxygen atoms in total. The van der Waals surface area contributed by atoms with Crippen LogP contribution in [0, 0.1) is 0 Å². The number of ether oxygens (including phenoxy) is 4. The second kappa shape index (κ2) is 10.6. The first-order valence-electron chi connectivity index (χ1n) is 10.0. The zero-order valence-corrected chi connectivity index (χ0v) is 19.7. The number of halogens is 3. The molecule has 0 radical (unpaired) electrons. The van der Waals surface area contributed by atoms with E-state index in [4.69, 9.17) is 14.2 Å². The maximum absolute atomic E-state index is 12.9. The molecule has 3 aromatic rings. The van der Waals surface area contributed by atoms with Gasteiger partial charge in [-0.05, 0) is 41.5 Å². The van der Waals surface area contributed by atoms with Crippen LogP contribution < -0.4 is 23.7 Å². The molecule has 0 aromatic heterocycles. The normalized spacial score (nSPS) is 11.8. The smallest absolute Gasteiger partial charge is 0.493 e. The van der Waals surface area contributed by atoms with Gasteiger partial charge in [0.1, 0.15) is 5.75 Å². The fourth-order valence-electron chi connectivity index (χ4n) is 3.16. The summed E-state index contributed by atoms with van der Waals surface area (Å²) in [5, 5.41) is 0. The van der Waals surface area contributed by atoms with Gasteiger partial charge in [0.05, 0.1) is 31.9 Å². The maximum atomic E-state index is 12.9. The van der Waals surface area contributed by atoms with Crippen LogP contribution in [-0.4, -0.2) is 36.1 Å². The first-order chi connectivity index (χ1) is 16.6. The molecule has 0 atom stereocenters. The molecule has 1 N–H and O–H groups in total. The van der Waals surface area contributed by atoms with Crippen LogP contribution in [0.5, 0.6) is 23.0 Å². The minimum Gasteiger partial charge on any atom is -0.493 e. The molecule has 0 saturated heterocycles. The number of benzene rings is 3. The highest BCUT2D eigenvalue weighted by atomic mass is 32.2. The number of hydrogen-bond donors (Lipinski definition) is 1. The third-order valence-electron chi connectivity index (χ3n) is 4.70. The molecule has 3 aromatic carbocycles. The van der Waals surface area contributed by atoms with Gasteiger partial charge < -0.3 is 18.9 Å². The maximum Gasteiger partial charge on any atom is 0.573 e. The van der Waals surface area contributed by atoms with Crippen molar-refractivity contribution in [2.45, 2.75) is 11.3 Å². The average Bonchev–Trinajstić information content (AvgIpc) is 2.81. The number of para-hydroxylation sites is 1. The van der Waals surface area contributed by atoms with Gasteiger partial charge >= 0.3 is 6.36 Å². The zero-order chi connectivity index (χ0) is 25.6. The summed E-state index contributed by atoms with van der Waals surface area (Å²) in [6.07, 6.45) is -1.56. The quantitative estimate of drug-likeness (QED) is 0.379. The third kappa shape index (κ3) is 6.60. The minimum absolute atomic E-state index is 0.221. The molecule has 186 valence electrons. The van der Waals surface area contributed by atoms with Crippen LogP contribution in [0.25, 0.3) is 12.2 Å². The summed E-state index contributed by atoms with van der Waals surface area (Å²) in [5.74, 6) is 0.677. The predicted octanol–water partition coefficient (Wildman–Crippen LogP) is 5.58. The van der Waals surface area contributed by atoms with E-state index in [1.807, 2.05) is 0 Å². The number of sulfonamides is 1. The van der Waals surface area contributed by atoms with Crippen LogP contribution in [0.2, 0.25) is 0 Å². The molecule has 0 amide bonds. The summed E-state index contributed by atoms with van der Waals surface area (Å²) in [5.41, 5.74) is 1.42. The summed E-state index contributed by atoms with van der Waals surface area (Å²) >= 11 is 0. The summed E-state index contributed by atoms with van der Waals surface area (Å²) in [7, 11) is 0.254. The summed E-state index contributed by atoms with van der Waals surface area (Å²) in [4.78, 5) is -0.386. The van der Waals surface area contributed by atoms with Crippen molar-refractivity contribution in [2.24, 2.45) is 0 Å². The van der Waals surface area contributed by atoms with Crippen molar-refractivity contribution in [3.63, 3.8) is 0 Å². The lowest BCUT2D eigenvalue weighted by atomic mass is 10.1. The molecule has 0 aliphatic heterocycles. The Morgan fingerprint density at radius 3 is 2.09 bits per heavy atom. The van der Waals surface area contributed by atoms with Crippen LogP contribution in [0.15, 0.2) is 65.6 Å². The Hall–Kier alpha value is -3.86. The first kappa shape index (κ1) is 25.8. The molecule has 0 heterocycles. The number of anilines is 1. The number of alkyl halides is 3. The van der Waals surface area contributed by atoms with Crippen molar-refractivity contribution < 1.29 is 40.5 Å². The zero-order valence-electron chi connectivity index (χ0n) is 18.9. The van der Waals surface area contributed by atoms with Crippen LogP contribution >= 0.6 is 0 Å². The second-order valence-corrected chi connectivity index (χ2v) is 8.69. The Bertz CT molecular complexity index is 1300. The number of hydrogen-bond acceptors (Lipinski definition) is 6. The highest BCUT2D eigenvalue weighted by Gasteiger charge is 2.31. The standard InChI is InChI=1S/C24H22F3NO6S/c1-31-21-13-16(14-22(32-2)23(21)33-3)11-12-17-7-4-5-10-20(17)28-35(29,30)19-9-6-8-18(15-19)34-24(25,26)27/h4-15,28H,1-3H3/b12-11-. The molecular formula is C24H22F3NO6S. The van der Waals surface area contributed by atoms with Gasteiger partial charge in [-0.1, -0.05) is 36.4 Å². The SMILES string of the molecule is COc1cc(/C=C\c2ccccc2NS(=O)(=O)c2cccc(OC(F)(F)F)c2)cc(OC)c1OC. The summed E-state index contributed by atoms with van der Waals surface area (Å²) in [6.45, 7) is 0. The molecule has 0 unspecified atom stereocenters. The van der Waals surface area contributed by atoms with Gasteiger partial charge in [0, 0.05) is 6.07 Å². The molecule has 0 saturated carbocycles. The lowest BCUT2D eigenvalue weighted by molar-refractivity contribution is -0.274. The van der Waals surface area contributed by atoms with Gasteiger partial charge in [-0.25, -0.2) is 8.42 Å². The Labute approximate surface area is 200 Å². The topological polar surface area (TPSA) is 83.1 Å². The molecule has 0 bridgehead atoms. The fraction of sp³-hybridized carbons (Fsp3) is 0.167. The summed E-state index contributed by atoms with van der Waals surface area (Å²) < 4.78 is 85.5. The Morgan fingerprint density at radius 1 is 0.829 bits per heavy atom. The predicted molar refractivity (Wildman–Crippen MR) is 125 cm³/mol. The van der Waals surface area contributed by atoms with Crippen LogP contribution in [0.4, 0.5) is 18.9 Å². The van der Waals surface area contributed by atoms with Crippen molar-refractivity contribution in [3.8, 4) is 23.0 Å². The molecule has 3 rings (SSSR count). The van der Waals surface area contributed by atoms with E-state index in [9.17, 15) is 21.6 Å². The van der Waals surface area contributed by atoms with E-state index in [2.05, 4.69) is 9.46 Å². The molecule has 0 fully saturated rings. The Morgan fingerprint density at radius 2 is 1.49 bits per heavy atom. The first-order valence-corrected chi connectivity index (χ1v) is 11.5. The van der Waals surface area contributed by atoms with E-state index < -0.39 is 22.1 Å². The lowest BCUT2D eigenvalue weighted by Crippen LogP contribution is -2.18. The highest BCUT2D eigenvalue weighted by molar-refractivity contribution is 7.92. The summed E-state index contributed by atoms with van der Waals surface area (Å²) in [6, 6.07) is 14.1.